The first-order valence-corrected chi connectivity index (χ1v) is 8.32. The van der Waals surface area contributed by atoms with Gasteiger partial charge in [-0.25, -0.2) is 0 Å². The molecular formula is C16H17NO2S2. The van der Waals surface area contributed by atoms with Crippen molar-refractivity contribution in [3.8, 4) is 11.8 Å². The van der Waals surface area contributed by atoms with E-state index >= 15 is 0 Å². The first kappa shape index (κ1) is 15.8. The molecule has 2 N–H and O–H groups in total. The summed E-state index contributed by atoms with van der Waals surface area (Å²) in [6.07, 6.45) is 0.455. The minimum atomic E-state index is -0.0786. The fourth-order valence-corrected chi connectivity index (χ4v) is 3.48. The highest BCUT2D eigenvalue weighted by atomic mass is 32.1. The molecule has 2 heterocycles. The van der Waals surface area contributed by atoms with E-state index in [9.17, 15) is 4.79 Å². The van der Waals surface area contributed by atoms with E-state index in [2.05, 4.69) is 37.1 Å². The Hall–Kier alpha value is -1.61. The molecule has 0 bridgehead atoms. The Morgan fingerprint density at radius 3 is 2.86 bits per heavy atom. The van der Waals surface area contributed by atoms with Crippen LogP contribution in [0.4, 0.5) is 0 Å². The molecule has 3 nitrogen and oxygen atoms in total. The van der Waals surface area contributed by atoms with Gasteiger partial charge in [-0.15, -0.1) is 22.7 Å². The van der Waals surface area contributed by atoms with Gasteiger partial charge < -0.3 is 10.4 Å². The van der Waals surface area contributed by atoms with Gasteiger partial charge in [0, 0.05) is 21.6 Å². The van der Waals surface area contributed by atoms with Gasteiger partial charge >= 0.3 is 0 Å². The smallest absolute Gasteiger partial charge is 0.252 e. The maximum absolute atomic E-state index is 12.1. The number of hydrogen-bond acceptors (Lipinski definition) is 4. The zero-order chi connectivity index (χ0) is 15.2. The van der Waals surface area contributed by atoms with Gasteiger partial charge in [0.25, 0.3) is 5.91 Å². The predicted octanol–water partition coefficient (Wildman–Crippen LogP) is 3.09. The number of nitrogens with one attached hydrogen (secondary N) is 1. The zero-order valence-corrected chi connectivity index (χ0v) is 13.7. The summed E-state index contributed by atoms with van der Waals surface area (Å²) in [5, 5.41) is 13.4. The molecule has 5 heteroatoms. The van der Waals surface area contributed by atoms with Crippen LogP contribution in [0.3, 0.4) is 0 Å². The highest BCUT2D eigenvalue weighted by molar-refractivity contribution is 7.12. The van der Waals surface area contributed by atoms with Crippen LogP contribution >= 0.6 is 22.7 Å². The molecule has 0 spiro atoms. The molecule has 0 fully saturated rings. The lowest BCUT2D eigenvalue weighted by atomic mass is 10.2. The fraction of sp³-hybridized carbons (Fsp3) is 0.312. The molecule has 21 heavy (non-hydrogen) atoms. The van der Waals surface area contributed by atoms with E-state index in [-0.39, 0.29) is 12.5 Å². The minimum absolute atomic E-state index is 0.0609. The van der Waals surface area contributed by atoms with E-state index in [0.717, 1.165) is 9.75 Å². The van der Waals surface area contributed by atoms with Crippen LogP contribution in [-0.2, 0) is 6.54 Å². The number of amides is 1. The minimum Gasteiger partial charge on any atom is -0.395 e. The number of carbonyl (C=O) groups is 1. The van der Waals surface area contributed by atoms with E-state index < -0.39 is 0 Å². The number of hydrogen-bond donors (Lipinski definition) is 2. The molecule has 0 radical (unpaired) electrons. The third kappa shape index (κ3) is 4.43. The number of rotatable bonds is 4. The first-order valence-electron chi connectivity index (χ1n) is 6.62. The lowest BCUT2D eigenvalue weighted by Crippen LogP contribution is -2.21. The summed E-state index contributed by atoms with van der Waals surface area (Å²) in [7, 11) is 0. The molecule has 2 aromatic rings. The van der Waals surface area contributed by atoms with Crippen molar-refractivity contribution in [1.82, 2.24) is 5.32 Å². The van der Waals surface area contributed by atoms with Crippen molar-refractivity contribution in [3.63, 3.8) is 0 Å². The summed E-state index contributed by atoms with van der Waals surface area (Å²) in [5.74, 6) is 5.71. The molecule has 2 rings (SSSR count). The molecule has 1 amide bonds. The first-order chi connectivity index (χ1) is 10.1. The summed E-state index contributed by atoms with van der Waals surface area (Å²) in [6, 6.07) is 3.90. The van der Waals surface area contributed by atoms with Gasteiger partial charge in [0.2, 0.25) is 0 Å². The van der Waals surface area contributed by atoms with E-state index in [1.54, 1.807) is 17.4 Å². The Bertz CT molecular complexity index is 669. The Morgan fingerprint density at radius 2 is 2.19 bits per heavy atom. The molecule has 0 aliphatic heterocycles. The average Bonchev–Trinajstić information content (AvgIpc) is 3.04. The Morgan fingerprint density at radius 1 is 1.38 bits per heavy atom. The molecule has 0 unspecified atom stereocenters. The predicted molar refractivity (Wildman–Crippen MR) is 87.9 cm³/mol. The van der Waals surface area contributed by atoms with Gasteiger partial charge in [0.15, 0.2) is 0 Å². The number of thiophene rings is 2. The van der Waals surface area contributed by atoms with Crippen LogP contribution in [0, 0.1) is 25.7 Å². The quantitative estimate of drug-likeness (QED) is 0.851. The second-order valence-electron chi connectivity index (χ2n) is 4.61. The summed E-state index contributed by atoms with van der Waals surface area (Å²) >= 11 is 3.16. The lowest BCUT2D eigenvalue weighted by Gasteiger charge is -2.00. The van der Waals surface area contributed by atoms with E-state index in [4.69, 9.17) is 5.11 Å². The third-order valence-corrected chi connectivity index (χ3v) is 4.95. The standard InChI is InChI=1S/C16H17NO2S2/c1-11-7-15(21-12(11)2)9-17-16(19)13-8-14(20-10-13)5-3-4-6-18/h7-8,10,18H,4,6,9H2,1-2H3,(H,17,19). The van der Waals surface area contributed by atoms with Crippen molar-refractivity contribution in [2.24, 2.45) is 0 Å². The van der Waals surface area contributed by atoms with E-state index in [1.165, 1.54) is 21.8 Å². The highest BCUT2D eigenvalue weighted by Crippen LogP contribution is 2.20. The molecule has 0 saturated carbocycles. The molecule has 0 aromatic carbocycles. The Kier molecular flexibility index (Phi) is 5.57. The van der Waals surface area contributed by atoms with Crippen LogP contribution in [0.15, 0.2) is 17.5 Å². The maximum Gasteiger partial charge on any atom is 0.252 e. The topological polar surface area (TPSA) is 49.3 Å². The summed E-state index contributed by atoms with van der Waals surface area (Å²) < 4.78 is 0. The van der Waals surface area contributed by atoms with Crippen molar-refractivity contribution in [2.45, 2.75) is 26.8 Å². The highest BCUT2D eigenvalue weighted by Gasteiger charge is 2.09. The largest absolute Gasteiger partial charge is 0.395 e. The molecular weight excluding hydrogens is 302 g/mol. The van der Waals surface area contributed by atoms with E-state index in [0.29, 0.717) is 18.5 Å². The van der Waals surface area contributed by atoms with Crippen LogP contribution in [0.5, 0.6) is 0 Å². The molecule has 110 valence electrons. The van der Waals surface area contributed by atoms with Gasteiger partial charge in [0.05, 0.1) is 23.6 Å². The second-order valence-corrected chi connectivity index (χ2v) is 6.86. The van der Waals surface area contributed by atoms with Crippen LogP contribution in [-0.4, -0.2) is 17.6 Å². The normalized spacial score (nSPS) is 10.0. The van der Waals surface area contributed by atoms with Crippen LogP contribution in [0.25, 0.3) is 0 Å². The Balaban J connectivity index is 1.93. The third-order valence-electron chi connectivity index (χ3n) is 2.95. The number of aliphatic hydroxyl groups is 1. The summed E-state index contributed by atoms with van der Waals surface area (Å²) in [6.45, 7) is 4.78. The zero-order valence-electron chi connectivity index (χ0n) is 12.0. The summed E-state index contributed by atoms with van der Waals surface area (Å²) in [5.41, 5.74) is 1.90. The van der Waals surface area contributed by atoms with Crippen molar-refractivity contribution < 1.29 is 9.90 Å². The van der Waals surface area contributed by atoms with Crippen LogP contribution in [0.2, 0.25) is 0 Å². The van der Waals surface area contributed by atoms with Gasteiger partial charge in [-0.1, -0.05) is 11.8 Å². The lowest BCUT2D eigenvalue weighted by molar-refractivity contribution is 0.0951. The molecule has 0 aliphatic carbocycles. The monoisotopic (exact) mass is 319 g/mol. The average molecular weight is 319 g/mol. The van der Waals surface area contributed by atoms with Crippen LogP contribution in [0.1, 0.15) is 37.0 Å². The number of aryl methyl sites for hydroxylation is 2. The van der Waals surface area contributed by atoms with Crippen LogP contribution < -0.4 is 5.32 Å². The molecule has 0 atom stereocenters. The van der Waals surface area contributed by atoms with Crippen molar-refractivity contribution in [2.75, 3.05) is 6.61 Å². The molecule has 0 aliphatic rings. The Labute approximate surface area is 132 Å². The summed E-state index contributed by atoms with van der Waals surface area (Å²) in [4.78, 5) is 15.4. The van der Waals surface area contributed by atoms with E-state index in [1.807, 2.05) is 5.38 Å². The van der Waals surface area contributed by atoms with Gasteiger partial charge in [-0.2, -0.15) is 0 Å². The number of carbonyl (C=O) groups excluding carboxylic acids is 1. The van der Waals surface area contributed by atoms with Gasteiger partial charge in [-0.05, 0) is 31.5 Å². The maximum atomic E-state index is 12.1. The second kappa shape index (κ2) is 7.41. The van der Waals surface area contributed by atoms with Crippen molar-refractivity contribution in [1.29, 1.82) is 0 Å². The van der Waals surface area contributed by atoms with Gasteiger partial charge in [-0.3, -0.25) is 4.79 Å². The SMILES string of the molecule is Cc1cc(CNC(=O)c2csc(C#CCCO)c2)sc1C. The van der Waals surface area contributed by atoms with Crippen molar-refractivity contribution >= 4 is 28.6 Å². The fourth-order valence-electron chi connectivity index (χ4n) is 1.73. The van der Waals surface area contributed by atoms with Crippen molar-refractivity contribution in [3.05, 3.63) is 43.3 Å². The number of aliphatic hydroxyl groups excluding tert-OH is 1. The molecule has 2 aromatic heterocycles. The molecule has 0 saturated heterocycles. The van der Waals surface area contributed by atoms with Gasteiger partial charge in [0.1, 0.15) is 0 Å².